The smallest absolute Gasteiger partial charge is 0.416 e. The molecule has 2 aliphatic rings. The number of hydrogen-bond donors (Lipinski definition) is 0. The quantitative estimate of drug-likeness (QED) is 0.459. The summed E-state index contributed by atoms with van der Waals surface area (Å²) in [6.45, 7) is 3.10. The van der Waals surface area contributed by atoms with Crippen LogP contribution in [-0.4, -0.2) is 24.0 Å². The molecule has 9 heteroatoms. The second-order valence-electron chi connectivity index (χ2n) is 8.78. The van der Waals surface area contributed by atoms with Crippen molar-refractivity contribution in [1.82, 2.24) is 0 Å². The van der Waals surface area contributed by atoms with E-state index < -0.39 is 53.5 Å². The van der Waals surface area contributed by atoms with Crippen LogP contribution in [0.15, 0.2) is 48.5 Å². The van der Waals surface area contributed by atoms with Crippen LogP contribution in [0.3, 0.4) is 0 Å². The van der Waals surface area contributed by atoms with E-state index in [-0.39, 0.29) is 11.7 Å². The van der Waals surface area contributed by atoms with Crippen molar-refractivity contribution in [3.63, 3.8) is 0 Å². The molecule has 5 atom stereocenters. The van der Waals surface area contributed by atoms with E-state index in [2.05, 4.69) is 0 Å². The van der Waals surface area contributed by atoms with E-state index in [4.69, 9.17) is 14.2 Å². The van der Waals surface area contributed by atoms with Crippen LogP contribution >= 0.6 is 0 Å². The molecule has 2 aromatic carbocycles. The molecule has 0 aromatic heterocycles. The van der Waals surface area contributed by atoms with Gasteiger partial charge in [0.05, 0.1) is 17.4 Å². The van der Waals surface area contributed by atoms with Gasteiger partial charge in [0.1, 0.15) is 17.6 Å². The molecule has 2 saturated carbocycles. The van der Waals surface area contributed by atoms with Crippen molar-refractivity contribution in [3.05, 3.63) is 59.7 Å². The molecule has 0 aliphatic heterocycles. The van der Waals surface area contributed by atoms with Gasteiger partial charge in [-0.05, 0) is 61.6 Å². The first kappa shape index (κ1) is 23.8. The van der Waals surface area contributed by atoms with Crippen LogP contribution in [0.4, 0.5) is 13.2 Å². The third-order valence-electron chi connectivity index (χ3n) is 6.39. The molecule has 2 aromatic rings. The van der Waals surface area contributed by atoms with Crippen molar-refractivity contribution in [2.45, 2.75) is 39.0 Å². The Hall–Kier alpha value is -3.36. The minimum absolute atomic E-state index is 0.259. The molecular formula is C25H23F3O6. The summed E-state index contributed by atoms with van der Waals surface area (Å²) in [6.07, 6.45) is -4.34. The molecule has 34 heavy (non-hydrogen) atoms. The zero-order chi connectivity index (χ0) is 24.6. The molecule has 0 N–H and O–H groups in total. The number of halogens is 3. The summed E-state index contributed by atoms with van der Waals surface area (Å²) in [5.74, 6) is -4.59. The van der Waals surface area contributed by atoms with Crippen LogP contribution in [0.25, 0.3) is 0 Å². The minimum Gasteiger partial charge on any atom is -0.462 e. The van der Waals surface area contributed by atoms with Gasteiger partial charge in [-0.1, -0.05) is 18.2 Å². The Morgan fingerprint density at radius 3 is 2.12 bits per heavy atom. The molecule has 5 unspecified atom stereocenters. The molecule has 0 amide bonds. The number of rotatable bonds is 5. The summed E-state index contributed by atoms with van der Waals surface area (Å²) in [5.41, 5.74) is -0.0763. The Morgan fingerprint density at radius 2 is 1.50 bits per heavy atom. The zero-order valence-electron chi connectivity index (χ0n) is 18.5. The molecule has 0 spiro atoms. The number of alkyl halides is 3. The van der Waals surface area contributed by atoms with Crippen LogP contribution in [0.2, 0.25) is 0 Å². The second-order valence-corrected chi connectivity index (χ2v) is 8.78. The number of aryl methyl sites for hydroxylation is 1. The first-order valence-corrected chi connectivity index (χ1v) is 10.9. The number of fused-ring (bicyclic) bond motifs is 2. The largest absolute Gasteiger partial charge is 0.462 e. The normalized spacial score (nSPS) is 25.6. The van der Waals surface area contributed by atoms with E-state index in [1.54, 1.807) is 18.2 Å². The Bertz CT molecular complexity index is 1110. The predicted molar refractivity (Wildman–Crippen MR) is 113 cm³/mol. The van der Waals surface area contributed by atoms with Gasteiger partial charge >= 0.3 is 24.1 Å². The molecule has 2 fully saturated rings. The number of carbonyl (C=O) groups excluding carboxylic acids is 3. The predicted octanol–water partition coefficient (Wildman–Crippen LogP) is 4.73. The number of ether oxygens (including phenoxy) is 3. The highest BCUT2D eigenvalue weighted by atomic mass is 19.4. The lowest BCUT2D eigenvalue weighted by Crippen LogP contribution is -2.44. The van der Waals surface area contributed by atoms with E-state index in [0.29, 0.717) is 18.6 Å². The van der Waals surface area contributed by atoms with Gasteiger partial charge < -0.3 is 14.2 Å². The number of hydrogen-bond acceptors (Lipinski definition) is 6. The van der Waals surface area contributed by atoms with Gasteiger partial charge in [-0.2, -0.15) is 13.2 Å². The van der Waals surface area contributed by atoms with E-state index >= 15 is 0 Å². The topological polar surface area (TPSA) is 78.9 Å². The van der Waals surface area contributed by atoms with E-state index in [1.165, 1.54) is 13.0 Å². The minimum atomic E-state index is -4.59. The molecular weight excluding hydrogens is 453 g/mol. The lowest BCUT2D eigenvalue weighted by molar-refractivity contribution is -0.162. The maximum atomic E-state index is 13.2. The molecule has 4 rings (SSSR count). The molecule has 0 saturated heterocycles. The van der Waals surface area contributed by atoms with Crippen LogP contribution in [-0.2, 0) is 25.3 Å². The van der Waals surface area contributed by atoms with Crippen molar-refractivity contribution < 1.29 is 41.8 Å². The lowest BCUT2D eigenvalue weighted by Gasteiger charge is -2.32. The van der Waals surface area contributed by atoms with Crippen molar-refractivity contribution >= 4 is 17.9 Å². The molecule has 0 heterocycles. The summed E-state index contributed by atoms with van der Waals surface area (Å²) >= 11 is 0. The molecule has 2 aliphatic carbocycles. The third-order valence-corrected chi connectivity index (χ3v) is 6.39. The molecule has 2 bridgehead atoms. The van der Waals surface area contributed by atoms with Crippen LogP contribution in [0.1, 0.15) is 30.9 Å². The van der Waals surface area contributed by atoms with Crippen LogP contribution in [0.5, 0.6) is 11.5 Å². The van der Waals surface area contributed by atoms with Crippen molar-refractivity contribution in [3.8, 4) is 11.5 Å². The summed E-state index contributed by atoms with van der Waals surface area (Å²) < 4.78 is 55.3. The standard InChI is InChI=1S/C25H23F3O6/c1-13-5-3-7-17(9-13)33-24(31)22-19-10-15(11-20(19)32-14(2)29)21(22)23(30)34-18-8-4-6-16(12-18)25(26,27)28/h3-9,12,15,19-22H,10-11H2,1-2H3. The first-order chi connectivity index (χ1) is 16.0. The molecule has 180 valence electrons. The average Bonchev–Trinajstić information content (AvgIpc) is 3.31. The van der Waals surface area contributed by atoms with Crippen molar-refractivity contribution in [1.29, 1.82) is 0 Å². The van der Waals surface area contributed by atoms with Gasteiger partial charge in [0.15, 0.2) is 0 Å². The summed E-state index contributed by atoms with van der Waals surface area (Å²) in [7, 11) is 0. The monoisotopic (exact) mass is 476 g/mol. The highest BCUT2D eigenvalue weighted by molar-refractivity contribution is 5.86. The maximum absolute atomic E-state index is 13.2. The summed E-state index contributed by atoms with van der Waals surface area (Å²) in [6, 6.07) is 10.9. The summed E-state index contributed by atoms with van der Waals surface area (Å²) in [5, 5.41) is 0. The highest BCUT2D eigenvalue weighted by Gasteiger charge is 2.60. The van der Waals surface area contributed by atoms with Gasteiger partial charge in [0.25, 0.3) is 0 Å². The van der Waals surface area contributed by atoms with E-state index in [9.17, 15) is 27.6 Å². The van der Waals surface area contributed by atoms with Crippen molar-refractivity contribution in [2.75, 3.05) is 0 Å². The van der Waals surface area contributed by atoms with Gasteiger partial charge in [0, 0.05) is 12.8 Å². The van der Waals surface area contributed by atoms with Crippen molar-refractivity contribution in [2.24, 2.45) is 23.7 Å². The molecule has 0 radical (unpaired) electrons. The SMILES string of the molecule is CC(=O)OC1CC2CC1C(C(=O)Oc1cccc(C)c1)C2C(=O)Oc1cccc(C(F)(F)F)c1. The lowest BCUT2D eigenvalue weighted by atomic mass is 9.77. The fourth-order valence-electron chi connectivity index (χ4n) is 5.09. The summed E-state index contributed by atoms with van der Waals surface area (Å²) in [4.78, 5) is 37.8. The first-order valence-electron chi connectivity index (χ1n) is 10.9. The number of carbonyl (C=O) groups is 3. The maximum Gasteiger partial charge on any atom is 0.416 e. The Labute approximate surface area is 194 Å². The van der Waals surface area contributed by atoms with Gasteiger partial charge in [0.2, 0.25) is 0 Å². The zero-order valence-corrected chi connectivity index (χ0v) is 18.5. The van der Waals surface area contributed by atoms with Gasteiger partial charge in [-0.3, -0.25) is 14.4 Å². The van der Waals surface area contributed by atoms with E-state index in [0.717, 1.165) is 23.8 Å². The van der Waals surface area contributed by atoms with Crippen LogP contribution in [0, 0.1) is 30.6 Å². The fourth-order valence-corrected chi connectivity index (χ4v) is 5.09. The molecule has 6 nitrogen and oxygen atoms in total. The van der Waals surface area contributed by atoms with Gasteiger partial charge in [-0.15, -0.1) is 0 Å². The average molecular weight is 476 g/mol. The fraction of sp³-hybridized carbons (Fsp3) is 0.400. The Morgan fingerprint density at radius 1 is 0.882 bits per heavy atom. The van der Waals surface area contributed by atoms with Gasteiger partial charge in [-0.25, -0.2) is 0 Å². The number of esters is 3. The van der Waals surface area contributed by atoms with E-state index in [1.807, 2.05) is 13.0 Å². The third kappa shape index (κ3) is 4.93. The van der Waals surface area contributed by atoms with Crippen LogP contribution < -0.4 is 9.47 Å². The Balaban J connectivity index is 1.58. The Kier molecular flexibility index (Phi) is 6.38. The number of benzene rings is 2. The highest BCUT2D eigenvalue weighted by Crippen LogP contribution is 2.54. The second kappa shape index (κ2) is 9.12.